The predicted molar refractivity (Wildman–Crippen MR) is 114 cm³/mol. The van der Waals surface area contributed by atoms with Gasteiger partial charge in [0.1, 0.15) is 23.1 Å². The van der Waals surface area contributed by atoms with Gasteiger partial charge in [-0.25, -0.2) is 4.79 Å². The molecule has 7 nitrogen and oxygen atoms in total. The molecule has 2 amide bonds. The van der Waals surface area contributed by atoms with Crippen LogP contribution in [0.25, 0.3) is 0 Å². The first-order chi connectivity index (χ1) is 14.2. The van der Waals surface area contributed by atoms with Crippen LogP contribution in [0, 0.1) is 0 Å². The Hall–Kier alpha value is -3.22. The Labute approximate surface area is 176 Å². The maximum absolute atomic E-state index is 13.3. The smallest absolute Gasteiger partial charge is 0.411 e. The molecule has 0 spiro atoms. The van der Waals surface area contributed by atoms with Gasteiger partial charge in [-0.3, -0.25) is 9.69 Å². The van der Waals surface area contributed by atoms with Crippen molar-refractivity contribution in [2.24, 2.45) is 0 Å². The summed E-state index contributed by atoms with van der Waals surface area (Å²) < 4.78 is 16.2. The van der Waals surface area contributed by atoms with Gasteiger partial charge in [-0.05, 0) is 44.0 Å². The van der Waals surface area contributed by atoms with E-state index < -0.39 is 17.7 Å². The Kier molecular flexibility index (Phi) is 6.20. The summed E-state index contributed by atoms with van der Waals surface area (Å²) in [6, 6.07) is 12.2. The first-order valence-electron chi connectivity index (χ1n) is 9.81. The summed E-state index contributed by atoms with van der Waals surface area (Å²) in [6.07, 6.45) is -0.122. The van der Waals surface area contributed by atoms with Gasteiger partial charge in [0.05, 0.1) is 26.5 Å². The maximum atomic E-state index is 13.3. The number of carbonyl (C=O) groups excluding carboxylic acids is 2. The van der Waals surface area contributed by atoms with Crippen LogP contribution in [0.5, 0.6) is 11.5 Å². The third kappa shape index (κ3) is 4.84. The van der Waals surface area contributed by atoms with E-state index in [0.717, 1.165) is 11.1 Å². The van der Waals surface area contributed by atoms with Crippen molar-refractivity contribution in [1.29, 1.82) is 0 Å². The van der Waals surface area contributed by atoms with Gasteiger partial charge in [-0.15, -0.1) is 0 Å². The lowest BCUT2D eigenvalue weighted by molar-refractivity contribution is -0.121. The number of amides is 2. The monoisotopic (exact) mass is 412 g/mol. The molecule has 0 aliphatic carbocycles. The Bertz CT molecular complexity index is 935. The minimum absolute atomic E-state index is 0.304. The number of methoxy groups -OCH3 is 2. The molecule has 1 atom stereocenters. The number of ether oxygens (including phenoxy) is 3. The normalized spacial score (nSPS) is 15.8. The van der Waals surface area contributed by atoms with Gasteiger partial charge in [0.25, 0.3) is 0 Å². The fourth-order valence-corrected chi connectivity index (χ4v) is 3.40. The average Bonchev–Trinajstić information content (AvgIpc) is 2.71. The van der Waals surface area contributed by atoms with Crippen molar-refractivity contribution in [1.82, 2.24) is 4.90 Å². The molecule has 0 radical (unpaired) electrons. The zero-order valence-corrected chi connectivity index (χ0v) is 18.0. The number of anilines is 1. The zero-order valence-electron chi connectivity index (χ0n) is 18.0. The maximum Gasteiger partial charge on any atom is 0.411 e. The molecular weight excluding hydrogens is 384 g/mol. The van der Waals surface area contributed by atoms with E-state index in [-0.39, 0.29) is 5.91 Å². The van der Waals surface area contributed by atoms with Gasteiger partial charge in [0.15, 0.2) is 0 Å². The van der Waals surface area contributed by atoms with Crippen LogP contribution in [0.1, 0.15) is 31.9 Å². The minimum atomic E-state index is -0.717. The number of hydrogen-bond donors (Lipinski definition) is 1. The summed E-state index contributed by atoms with van der Waals surface area (Å²) >= 11 is 0. The lowest BCUT2D eigenvalue weighted by Crippen LogP contribution is -2.52. The Morgan fingerprint density at radius 3 is 2.37 bits per heavy atom. The topological polar surface area (TPSA) is 77.1 Å². The van der Waals surface area contributed by atoms with E-state index in [0.29, 0.717) is 30.2 Å². The minimum Gasteiger partial charge on any atom is -0.497 e. The van der Waals surface area contributed by atoms with Crippen molar-refractivity contribution in [3.05, 3.63) is 53.6 Å². The number of nitrogens with zero attached hydrogens (tertiary/aromatic N) is 1. The fraction of sp³-hybridized carbons (Fsp3) is 0.391. The van der Waals surface area contributed by atoms with E-state index in [1.165, 1.54) is 12.0 Å². The van der Waals surface area contributed by atoms with Crippen LogP contribution in [0.3, 0.4) is 0 Å². The number of carbonyl (C=O) groups is 2. The SMILES string of the molecule is COc1ccc(OC)c(NC(=O)[C@@H]2Cc3ccccc3CN2C(=O)OC(C)(C)C)c1. The van der Waals surface area contributed by atoms with Crippen molar-refractivity contribution >= 4 is 17.7 Å². The largest absolute Gasteiger partial charge is 0.497 e. The highest BCUT2D eigenvalue weighted by Crippen LogP contribution is 2.31. The third-order valence-electron chi connectivity index (χ3n) is 4.84. The highest BCUT2D eigenvalue weighted by Gasteiger charge is 2.37. The van der Waals surface area contributed by atoms with Crippen LogP contribution in [0.15, 0.2) is 42.5 Å². The molecule has 160 valence electrons. The molecule has 0 bridgehead atoms. The molecule has 0 unspecified atom stereocenters. The van der Waals surface area contributed by atoms with Crippen LogP contribution < -0.4 is 14.8 Å². The van der Waals surface area contributed by atoms with E-state index in [1.54, 1.807) is 46.1 Å². The van der Waals surface area contributed by atoms with Gasteiger partial charge in [0.2, 0.25) is 5.91 Å². The molecule has 0 fully saturated rings. The average molecular weight is 412 g/mol. The fourth-order valence-electron chi connectivity index (χ4n) is 3.40. The van der Waals surface area contributed by atoms with Gasteiger partial charge in [0, 0.05) is 12.5 Å². The quantitative estimate of drug-likeness (QED) is 0.821. The van der Waals surface area contributed by atoms with Crippen molar-refractivity contribution in [3.8, 4) is 11.5 Å². The van der Waals surface area contributed by atoms with Gasteiger partial charge in [-0.1, -0.05) is 24.3 Å². The number of hydrogen-bond acceptors (Lipinski definition) is 5. The van der Waals surface area contributed by atoms with Gasteiger partial charge < -0.3 is 19.5 Å². The number of nitrogens with one attached hydrogen (secondary N) is 1. The molecule has 1 aliphatic rings. The lowest BCUT2D eigenvalue weighted by atomic mass is 9.93. The Morgan fingerprint density at radius 1 is 1.03 bits per heavy atom. The molecule has 30 heavy (non-hydrogen) atoms. The molecule has 2 aromatic carbocycles. The highest BCUT2D eigenvalue weighted by atomic mass is 16.6. The Morgan fingerprint density at radius 2 is 1.73 bits per heavy atom. The second-order valence-corrected chi connectivity index (χ2v) is 8.15. The molecule has 1 heterocycles. The molecule has 7 heteroatoms. The summed E-state index contributed by atoms with van der Waals surface area (Å²) in [7, 11) is 3.08. The zero-order chi connectivity index (χ0) is 21.9. The van der Waals surface area contributed by atoms with E-state index in [1.807, 2.05) is 24.3 Å². The number of rotatable bonds is 4. The standard InChI is InChI=1S/C23H28N2O5/c1-23(2,3)30-22(27)25-14-16-9-7-6-8-15(16)12-19(25)21(26)24-18-13-17(28-4)10-11-20(18)29-5/h6-11,13,19H,12,14H2,1-5H3,(H,24,26)/t19-/m0/s1. The first kappa shape index (κ1) is 21.5. The van der Waals surface area contributed by atoms with Crippen molar-refractivity contribution in [2.75, 3.05) is 19.5 Å². The van der Waals surface area contributed by atoms with Crippen LogP contribution >= 0.6 is 0 Å². The molecule has 1 aliphatic heterocycles. The molecule has 0 saturated carbocycles. The summed E-state index contributed by atoms with van der Waals surface area (Å²) in [6.45, 7) is 5.72. The third-order valence-corrected chi connectivity index (χ3v) is 4.84. The van der Waals surface area contributed by atoms with Crippen molar-refractivity contribution < 1.29 is 23.8 Å². The number of fused-ring (bicyclic) bond motifs is 1. The molecule has 3 rings (SSSR count). The second kappa shape index (κ2) is 8.65. The van der Waals surface area contributed by atoms with E-state index in [9.17, 15) is 9.59 Å². The van der Waals surface area contributed by atoms with Crippen molar-refractivity contribution in [3.63, 3.8) is 0 Å². The first-order valence-corrected chi connectivity index (χ1v) is 9.81. The van der Waals surface area contributed by atoms with E-state index in [2.05, 4.69) is 5.32 Å². The Balaban J connectivity index is 1.90. The van der Waals surface area contributed by atoms with Crippen LogP contribution in [0.4, 0.5) is 10.5 Å². The molecule has 0 saturated heterocycles. The van der Waals surface area contributed by atoms with Crippen molar-refractivity contribution in [2.45, 2.75) is 45.4 Å². The summed E-state index contributed by atoms with van der Waals surface area (Å²) in [4.78, 5) is 27.6. The molecule has 2 aromatic rings. The summed E-state index contributed by atoms with van der Waals surface area (Å²) in [5.74, 6) is 0.773. The van der Waals surface area contributed by atoms with Crippen LogP contribution in [0.2, 0.25) is 0 Å². The molecular formula is C23H28N2O5. The number of benzene rings is 2. The predicted octanol–water partition coefficient (Wildman–Crippen LogP) is 4.00. The lowest BCUT2D eigenvalue weighted by Gasteiger charge is -2.37. The van der Waals surface area contributed by atoms with Crippen LogP contribution in [-0.2, 0) is 22.5 Å². The summed E-state index contributed by atoms with van der Waals surface area (Å²) in [5, 5.41) is 2.89. The molecule has 1 N–H and O–H groups in total. The molecule has 0 aromatic heterocycles. The second-order valence-electron chi connectivity index (χ2n) is 8.15. The van der Waals surface area contributed by atoms with E-state index in [4.69, 9.17) is 14.2 Å². The van der Waals surface area contributed by atoms with Gasteiger partial charge >= 0.3 is 6.09 Å². The van der Waals surface area contributed by atoms with E-state index >= 15 is 0 Å². The summed E-state index contributed by atoms with van der Waals surface area (Å²) in [5.41, 5.74) is 1.86. The van der Waals surface area contributed by atoms with Gasteiger partial charge in [-0.2, -0.15) is 0 Å². The van der Waals surface area contributed by atoms with Crippen LogP contribution in [-0.4, -0.2) is 42.8 Å². The highest BCUT2D eigenvalue weighted by molar-refractivity contribution is 5.98.